The van der Waals surface area contributed by atoms with Crippen LogP contribution in [0, 0.1) is 12.8 Å². The van der Waals surface area contributed by atoms with Crippen molar-refractivity contribution in [3.8, 4) is 0 Å². The fourth-order valence-electron chi connectivity index (χ4n) is 3.35. The number of guanidine groups is 1. The third-order valence-corrected chi connectivity index (χ3v) is 4.82. The van der Waals surface area contributed by atoms with E-state index >= 15 is 0 Å². The number of halogens is 1. The number of hydrogen-bond acceptors (Lipinski definition) is 3. The van der Waals surface area contributed by atoms with Gasteiger partial charge < -0.3 is 20.2 Å². The Balaban J connectivity index is 0.00000225. The molecular weight excluding hydrogens is 429 g/mol. The lowest BCUT2D eigenvalue weighted by atomic mass is 10.1. The zero-order valence-electron chi connectivity index (χ0n) is 14.9. The highest BCUT2D eigenvalue weighted by Gasteiger charge is 2.25. The summed E-state index contributed by atoms with van der Waals surface area (Å²) in [6.07, 6.45) is 2.92. The number of hydrogen-bond donors (Lipinski definition) is 3. The smallest absolute Gasteiger partial charge is 0.191 e. The molecule has 2 aromatic rings. The number of para-hydroxylation sites is 1. The molecule has 0 bridgehead atoms. The van der Waals surface area contributed by atoms with Gasteiger partial charge in [0.1, 0.15) is 17.9 Å². The molecule has 1 fully saturated rings. The Kier molecular flexibility index (Phi) is 7.56. The molecule has 3 N–H and O–H groups in total. The third-order valence-electron chi connectivity index (χ3n) is 4.82. The maximum atomic E-state index is 9.94. The van der Waals surface area contributed by atoms with Crippen LogP contribution in [-0.2, 0) is 6.54 Å². The fraction of sp³-hybridized carbons (Fsp3) is 0.526. The summed E-state index contributed by atoms with van der Waals surface area (Å²) in [5.74, 6) is 1.99. The van der Waals surface area contributed by atoms with E-state index in [0.717, 1.165) is 60.6 Å². The van der Waals surface area contributed by atoms with Gasteiger partial charge in [-0.3, -0.25) is 0 Å². The van der Waals surface area contributed by atoms with Crippen molar-refractivity contribution in [3.05, 3.63) is 35.6 Å². The number of rotatable bonds is 5. The normalized spacial score (nSPS) is 20.5. The minimum absolute atomic E-state index is 0. The molecular formula is C19H28IN3O2. The van der Waals surface area contributed by atoms with Gasteiger partial charge in [0.2, 0.25) is 0 Å². The van der Waals surface area contributed by atoms with E-state index in [1.165, 1.54) is 0 Å². The summed E-state index contributed by atoms with van der Waals surface area (Å²) in [4.78, 5) is 4.64. The Labute approximate surface area is 166 Å². The summed E-state index contributed by atoms with van der Waals surface area (Å²) >= 11 is 0. The van der Waals surface area contributed by atoms with Crippen molar-refractivity contribution >= 4 is 40.9 Å². The van der Waals surface area contributed by atoms with Gasteiger partial charge in [-0.25, -0.2) is 4.99 Å². The maximum Gasteiger partial charge on any atom is 0.191 e. The van der Waals surface area contributed by atoms with Gasteiger partial charge in [0.25, 0.3) is 0 Å². The number of aliphatic imine (C=N–C) groups is 1. The topological polar surface area (TPSA) is 69.8 Å². The largest absolute Gasteiger partial charge is 0.459 e. The number of fused-ring (bicyclic) bond motifs is 1. The highest BCUT2D eigenvalue weighted by atomic mass is 127. The first-order valence-electron chi connectivity index (χ1n) is 8.86. The number of benzene rings is 1. The lowest BCUT2D eigenvalue weighted by Crippen LogP contribution is -2.41. The molecule has 2 unspecified atom stereocenters. The first-order chi connectivity index (χ1) is 11.7. The Bertz CT molecular complexity index is 714. The Morgan fingerprint density at radius 3 is 2.76 bits per heavy atom. The number of aryl methyl sites for hydroxylation is 1. The predicted molar refractivity (Wildman–Crippen MR) is 113 cm³/mol. The van der Waals surface area contributed by atoms with Crippen LogP contribution in [-0.4, -0.2) is 30.3 Å². The monoisotopic (exact) mass is 457 g/mol. The first kappa shape index (κ1) is 20.0. The van der Waals surface area contributed by atoms with Crippen molar-refractivity contribution in [3.63, 3.8) is 0 Å². The van der Waals surface area contributed by atoms with E-state index in [9.17, 15) is 5.11 Å². The predicted octanol–water partition coefficient (Wildman–Crippen LogP) is 3.58. The Hall–Kier alpha value is -1.28. The van der Waals surface area contributed by atoms with Crippen LogP contribution in [0.5, 0.6) is 0 Å². The second-order valence-electron chi connectivity index (χ2n) is 6.48. The summed E-state index contributed by atoms with van der Waals surface area (Å²) in [7, 11) is 0. The van der Waals surface area contributed by atoms with Gasteiger partial charge in [0.15, 0.2) is 5.96 Å². The third kappa shape index (κ3) is 4.88. The van der Waals surface area contributed by atoms with Crippen LogP contribution in [0.15, 0.2) is 33.7 Å². The Morgan fingerprint density at radius 1 is 1.28 bits per heavy atom. The lowest BCUT2D eigenvalue weighted by Gasteiger charge is -2.17. The molecule has 0 saturated heterocycles. The average molecular weight is 457 g/mol. The molecule has 5 nitrogen and oxygen atoms in total. The van der Waals surface area contributed by atoms with Crippen LogP contribution in [0.3, 0.4) is 0 Å². The van der Waals surface area contributed by atoms with Crippen molar-refractivity contribution < 1.29 is 9.52 Å². The molecule has 0 amide bonds. The fourth-order valence-corrected chi connectivity index (χ4v) is 3.35. The summed E-state index contributed by atoms with van der Waals surface area (Å²) in [5.41, 5.74) is 2.06. The molecule has 0 aliphatic heterocycles. The number of aliphatic hydroxyl groups is 1. The van der Waals surface area contributed by atoms with Gasteiger partial charge in [-0.1, -0.05) is 24.6 Å². The van der Waals surface area contributed by atoms with Gasteiger partial charge in [-0.05, 0) is 32.8 Å². The summed E-state index contributed by atoms with van der Waals surface area (Å²) in [6.45, 7) is 6.19. The zero-order chi connectivity index (χ0) is 16.9. The van der Waals surface area contributed by atoms with Crippen molar-refractivity contribution in [2.24, 2.45) is 10.9 Å². The molecule has 1 aliphatic carbocycles. The van der Waals surface area contributed by atoms with Gasteiger partial charge >= 0.3 is 0 Å². The van der Waals surface area contributed by atoms with Crippen molar-refractivity contribution in [1.82, 2.24) is 10.6 Å². The number of nitrogens with zero attached hydrogens (tertiary/aromatic N) is 1. The highest BCUT2D eigenvalue weighted by molar-refractivity contribution is 14.0. The molecule has 1 aromatic heterocycles. The van der Waals surface area contributed by atoms with E-state index in [-0.39, 0.29) is 30.1 Å². The molecule has 3 rings (SSSR count). The van der Waals surface area contributed by atoms with Crippen molar-refractivity contribution in [1.29, 1.82) is 0 Å². The molecule has 0 spiro atoms. The standard InChI is InChI=1S/C19H27N3O2.HI/c1-3-20-19(21-11-14-7-6-9-16(14)23)22-12-18-13(2)15-8-4-5-10-17(15)24-18;/h4-5,8,10,14,16,23H,3,6-7,9,11-12H2,1-2H3,(H2,20,21,22);1H. The maximum absolute atomic E-state index is 9.94. The number of nitrogens with one attached hydrogen (secondary N) is 2. The Morgan fingerprint density at radius 2 is 2.08 bits per heavy atom. The van der Waals surface area contributed by atoms with E-state index < -0.39 is 0 Å². The molecule has 0 radical (unpaired) electrons. The molecule has 6 heteroatoms. The van der Waals surface area contributed by atoms with E-state index in [4.69, 9.17) is 4.42 Å². The molecule has 1 saturated carbocycles. The quantitative estimate of drug-likeness (QED) is 0.365. The van der Waals surface area contributed by atoms with E-state index in [2.05, 4.69) is 28.6 Å². The van der Waals surface area contributed by atoms with Gasteiger partial charge in [-0.2, -0.15) is 0 Å². The van der Waals surface area contributed by atoms with Crippen LogP contribution < -0.4 is 10.6 Å². The molecule has 1 heterocycles. The van der Waals surface area contributed by atoms with Crippen LogP contribution in [0.2, 0.25) is 0 Å². The van der Waals surface area contributed by atoms with Crippen LogP contribution in [0.4, 0.5) is 0 Å². The van der Waals surface area contributed by atoms with Crippen molar-refractivity contribution in [2.75, 3.05) is 13.1 Å². The van der Waals surface area contributed by atoms with E-state index in [0.29, 0.717) is 12.5 Å². The summed E-state index contributed by atoms with van der Waals surface area (Å²) in [5, 5.41) is 17.7. The van der Waals surface area contributed by atoms with Crippen LogP contribution in [0.1, 0.15) is 37.5 Å². The molecule has 25 heavy (non-hydrogen) atoms. The molecule has 2 atom stereocenters. The van der Waals surface area contributed by atoms with Gasteiger partial charge in [0, 0.05) is 30.0 Å². The summed E-state index contributed by atoms with van der Waals surface area (Å²) in [6, 6.07) is 8.07. The minimum atomic E-state index is -0.182. The van der Waals surface area contributed by atoms with Crippen LogP contribution in [0.25, 0.3) is 11.0 Å². The zero-order valence-corrected chi connectivity index (χ0v) is 17.2. The second-order valence-corrected chi connectivity index (χ2v) is 6.48. The highest BCUT2D eigenvalue weighted by Crippen LogP contribution is 2.26. The van der Waals surface area contributed by atoms with Gasteiger partial charge in [0.05, 0.1) is 6.10 Å². The SMILES string of the molecule is CCNC(=NCc1oc2ccccc2c1C)NCC1CCCC1O.I. The summed E-state index contributed by atoms with van der Waals surface area (Å²) < 4.78 is 5.92. The first-order valence-corrected chi connectivity index (χ1v) is 8.86. The molecule has 138 valence electrons. The number of aliphatic hydroxyl groups excluding tert-OH is 1. The second kappa shape index (κ2) is 9.43. The van der Waals surface area contributed by atoms with E-state index in [1.54, 1.807) is 0 Å². The van der Waals surface area contributed by atoms with Crippen molar-refractivity contribution in [2.45, 2.75) is 45.8 Å². The minimum Gasteiger partial charge on any atom is -0.459 e. The molecule has 1 aromatic carbocycles. The average Bonchev–Trinajstić information content (AvgIpc) is 3.14. The molecule has 1 aliphatic rings. The van der Waals surface area contributed by atoms with Gasteiger partial charge in [-0.15, -0.1) is 24.0 Å². The van der Waals surface area contributed by atoms with Crippen LogP contribution >= 0.6 is 24.0 Å². The van der Waals surface area contributed by atoms with E-state index in [1.807, 2.05) is 25.1 Å². The number of furan rings is 1. The lowest BCUT2D eigenvalue weighted by molar-refractivity contribution is 0.134.